The topological polar surface area (TPSA) is 92.8 Å². The van der Waals surface area contributed by atoms with Crippen LogP contribution in [0.15, 0.2) is 47.4 Å². The Bertz CT molecular complexity index is 1040. The highest BCUT2D eigenvalue weighted by molar-refractivity contribution is 7.92. The number of hydrogen-bond acceptors (Lipinski definition) is 5. The third-order valence-electron chi connectivity index (χ3n) is 4.69. The van der Waals surface area contributed by atoms with Crippen molar-refractivity contribution in [2.24, 2.45) is 0 Å². The highest BCUT2D eigenvalue weighted by Gasteiger charge is 2.24. The van der Waals surface area contributed by atoms with E-state index in [0.29, 0.717) is 0 Å². The van der Waals surface area contributed by atoms with Crippen LogP contribution in [0.5, 0.6) is 0 Å². The molecule has 2 aromatic rings. The molecule has 0 atom stereocenters. The van der Waals surface area contributed by atoms with Crippen LogP contribution in [0.25, 0.3) is 0 Å². The molecule has 0 saturated carbocycles. The summed E-state index contributed by atoms with van der Waals surface area (Å²) < 4.78 is 44.9. The second-order valence-electron chi connectivity index (χ2n) is 6.75. The second-order valence-corrected chi connectivity index (χ2v) is 9.12. The SMILES string of the molecule is CCC(CC)NC(=O)COC(=O)c1cc(S(=O)(=O)N(C)c2ccc(F)cc2)ccc1Cl. The van der Waals surface area contributed by atoms with Crippen LogP contribution < -0.4 is 9.62 Å². The smallest absolute Gasteiger partial charge is 0.340 e. The summed E-state index contributed by atoms with van der Waals surface area (Å²) in [5.74, 6) is -1.89. The fourth-order valence-corrected chi connectivity index (χ4v) is 4.16. The summed E-state index contributed by atoms with van der Waals surface area (Å²) in [6.07, 6.45) is 1.48. The number of halogens is 2. The van der Waals surface area contributed by atoms with Crippen LogP contribution in [0.2, 0.25) is 5.02 Å². The van der Waals surface area contributed by atoms with Crippen molar-refractivity contribution in [2.75, 3.05) is 18.0 Å². The summed E-state index contributed by atoms with van der Waals surface area (Å²) >= 11 is 6.05. The summed E-state index contributed by atoms with van der Waals surface area (Å²) in [6, 6.07) is 8.47. The number of rotatable bonds is 9. The van der Waals surface area contributed by atoms with Crippen molar-refractivity contribution in [3.63, 3.8) is 0 Å². The Hall–Kier alpha value is -2.65. The van der Waals surface area contributed by atoms with E-state index in [1.54, 1.807) is 0 Å². The largest absolute Gasteiger partial charge is 0.452 e. The molecule has 0 aliphatic rings. The normalized spacial score (nSPS) is 11.3. The second kappa shape index (κ2) is 10.6. The lowest BCUT2D eigenvalue weighted by Gasteiger charge is -2.20. The molecule has 2 aromatic carbocycles. The lowest BCUT2D eigenvalue weighted by atomic mass is 10.2. The van der Waals surface area contributed by atoms with Crippen molar-refractivity contribution >= 4 is 39.2 Å². The first-order valence-electron chi connectivity index (χ1n) is 9.60. The van der Waals surface area contributed by atoms with Gasteiger partial charge in [0.15, 0.2) is 6.61 Å². The van der Waals surface area contributed by atoms with Gasteiger partial charge in [-0.1, -0.05) is 25.4 Å². The molecule has 1 amide bonds. The zero-order chi connectivity index (χ0) is 23.2. The Labute approximate surface area is 186 Å². The van der Waals surface area contributed by atoms with Crippen LogP contribution in [-0.4, -0.2) is 40.0 Å². The summed E-state index contributed by atoms with van der Waals surface area (Å²) in [7, 11) is -2.76. The molecular formula is C21H24ClFN2O5S. The molecule has 7 nitrogen and oxygen atoms in total. The number of nitrogens with one attached hydrogen (secondary N) is 1. The number of benzene rings is 2. The average molecular weight is 471 g/mol. The van der Waals surface area contributed by atoms with Gasteiger partial charge >= 0.3 is 5.97 Å². The Kier molecular flexibility index (Phi) is 8.41. The molecule has 10 heteroatoms. The van der Waals surface area contributed by atoms with Gasteiger partial charge in [-0.05, 0) is 55.3 Å². The molecule has 0 aliphatic carbocycles. The van der Waals surface area contributed by atoms with Crippen LogP contribution in [0, 0.1) is 5.82 Å². The van der Waals surface area contributed by atoms with Crippen molar-refractivity contribution in [1.82, 2.24) is 5.32 Å². The highest BCUT2D eigenvalue weighted by Crippen LogP contribution is 2.26. The predicted molar refractivity (Wildman–Crippen MR) is 116 cm³/mol. The maximum absolute atomic E-state index is 13.1. The van der Waals surface area contributed by atoms with Gasteiger partial charge in [-0.15, -0.1) is 0 Å². The van der Waals surface area contributed by atoms with E-state index in [1.807, 2.05) is 13.8 Å². The molecule has 31 heavy (non-hydrogen) atoms. The Morgan fingerprint density at radius 3 is 2.32 bits per heavy atom. The van der Waals surface area contributed by atoms with Gasteiger partial charge in [-0.2, -0.15) is 0 Å². The van der Waals surface area contributed by atoms with E-state index in [-0.39, 0.29) is 27.2 Å². The van der Waals surface area contributed by atoms with Crippen LogP contribution in [0.3, 0.4) is 0 Å². The van der Waals surface area contributed by atoms with E-state index in [1.165, 1.54) is 31.3 Å². The lowest BCUT2D eigenvalue weighted by Crippen LogP contribution is -2.36. The number of anilines is 1. The van der Waals surface area contributed by atoms with Crippen LogP contribution in [-0.2, 0) is 19.6 Å². The molecular weight excluding hydrogens is 447 g/mol. The zero-order valence-corrected chi connectivity index (χ0v) is 19.0. The molecule has 0 aromatic heterocycles. The molecule has 0 radical (unpaired) electrons. The van der Waals surface area contributed by atoms with Gasteiger partial charge in [-0.25, -0.2) is 17.6 Å². The van der Waals surface area contributed by atoms with Gasteiger partial charge in [0.05, 0.1) is 21.2 Å². The van der Waals surface area contributed by atoms with Gasteiger partial charge in [-0.3, -0.25) is 9.10 Å². The van der Waals surface area contributed by atoms with E-state index in [2.05, 4.69) is 5.32 Å². The molecule has 0 heterocycles. The first kappa shape index (κ1) is 24.6. The van der Waals surface area contributed by atoms with E-state index in [9.17, 15) is 22.4 Å². The number of carbonyl (C=O) groups is 2. The first-order chi connectivity index (χ1) is 14.6. The number of amides is 1. The van der Waals surface area contributed by atoms with Gasteiger partial charge in [0.2, 0.25) is 0 Å². The zero-order valence-electron chi connectivity index (χ0n) is 17.4. The molecule has 0 unspecified atom stereocenters. The predicted octanol–water partition coefficient (Wildman–Crippen LogP) is 3.77. The number of nitrogens with zero attached hydrogens (tertiary/aromatic N) is 1. The summed E-state index contributed by atoms with van der Waals surface area (Å²) in [4.78, 5) is 24.1. The fourth-order valence-electron chi connectivity index (χ4n) is 2.74. The molecule has 0 saturated heterocycles. The van der Waals surface area contributed by atoms with Crippen molar-refractivity contribution in [2.45, 2.75) is 37.6 Å². The lowest BCUT2D eigenvalue weighted by molar-refractivity contribution is -0.125. The molecule has 168 valence electrons. The fraction of sp³-hybridized carbons (Fsp3) is 0.333. The molecule has 0 fully saturated rings. The van der Waals surface area contributed by atoms with Gasteiger partial charge in [0.25, 0.3) is 15.9 Å². The van der Waals surface area contributed by atoms with Crippen molar-refractivity contribution in [3.05, 3.63) is 58.9 Å². The summed E-state index contributed by atoms with van der Waals surface area (Å²) in [5.41, 5.74) is 0.0455. The maximum Gasteiger partial charge on any atom is 0.340 e. The number of sulfonamides is 1. The third-order valence-corrected chi connectivity index (χ3v) is 6.80. The van der Waals surface area contributed by atoms with Gasteiger partial charge in [0, 0.05) is 13.1 Å². The van der Waals surface area contributed by atoms with E-state index in [4.69, 9.17) is 16.3 Å². The Balaban J connectivity index is 2.19. The summed E-state index contributed by atoms with van der Waals surface area (Å²) in [5, 5.41) is 2.71. The van der Waals surface area contributed by atoms with E-state index >= 15 is 0 Å². The van der Waals surface area contributed by atoms with Crippen LogP contribution in [0.4, 0.5) is 10.1 Å². The minimum atomic E-state index is -4.07. The van der Waals surface area contributed by atoms with Gasteiger partial charge in [0.1, 0.15) is 5.82 Å². The number of carbonyl (C=O) groups excluding carboxylic acids is 2. The monoisotopic (exact) mass is 470 g/mol. The highest BCUT2D eigenvalue weighted by atomic mass is 35.5. The third kappa shape index (κ3) is 6.18. The minimum absolute atomic E-state index is 0.0196. The molecule has 0 aliphatic heterocycles. The van der Waals surface area contributed by atoms with Crippen LogP contribution in [0.1, 0.15) is 37.0 Å². The first-order valence-corrected chi connectivity index (χ1v) is 11.4. The van der Waals surface area contributed by atoms with E-state index < -0.39 is 34.3 Å². The number of hydrogen-bond donors (Lipinski definition) is 1. The quantitative estimate of drug-likeness (QED) is 0.563. The number of esters is 1. The van der Waals surface area contributed by atoms with Crippen LogP contribution >= 0.6 is 11.6 Å². The molecule has 0 bridgehead atoms. The number of ether oxygens (including phenoxy) is 1. The summed E-state index contributed by atoms with van der Waals surface area (Å²) in [6.45, 7) is 3.34. The van der Waals surface area contributed by atoms with Crippen molar-refractivity contribution < 1.29 is 27.1 Å². The minimum Gasteiger partial charge on any atom is -0.452 e. The average Bonchev–Trinajstić information content (AvgIpc) is 2.75. The molecule has 2 rings (SSSR count). The Morgan fingerprint density at radius 2 is 1.74 bits per heavy atom. The molecule has 0 spiro atoms. The van der Waals surface area contributed by atoms with Gasteiger partial charge < -0.3 is 10.1 Å². The standard InChI is InChI=1S/C21H24ClFN2O5S/c1-4-15(5-2)24-20(26)13-30-21(27)18-12-17(10-11-19(18)22)31(28,29)25(3)16-8-6-14(23)7-9-16/h6-12,15H,4-5,13H2,1-3H3,(H,24,26). The Morgan fingerprint density at radius 1 is 1.13 bits per heavy atom. The molecule has 1 N–H and O–H groups in total. The van der Waals surface area contributed by atoms with Crippen molar-refractivity contribution in [1.29, 1.82) is 0 Å². The van der Waals surface area contributed by atoms with Crippen molar-refractivity contribution in [3.8, 4) is 0 Å². The van der Waals surface area contributed by atoms with E-state index in [0.717, 1.165) is 35.3 Å². The maximum atomic E-state index is 13.1.